The molecule has 1 fully saturated rings. The van der Waals surface area contributed by atoms with Gasteiger partial charge in [-0.15, -0.1) is 0 Å². The first-order valence-electron chi connectivity index (χ1n) is 8.45. The van der Waals surface area contributed by atoms with Gasteiger partial charge in [0.2, 0.25) is 0 Å². The first-order valence-corrected chi connectivity index (χ1v) is 9.89. The maximum atomic E-state index is 13.5. The van der Waals surface area contributed by atoms with E-state index in [2.05, 4.69) is 4.98 Å². The predicted molar refractivity (Wildman–Crippen MR) is 99.3 cm³/mol. The zero-order chi connectivity index (χ0) is 19.1. The highest BCUT2D eigenvalue weighted by Gasteiger charge is 2.55. The maximum absolute atomic E-state index is 13.5. The minimum absolute atomic E-state index is 0.104. The van der Waals surface area contributed by atoms with Crippen LogP contribution in [0.3, 0.4) is 0 Å². The molecule has 0 spiro atoms. The molecule has 0 unspecified atom stereocenters. The van der Waals surface area contributed by atoms with Gasteiger partial charge >= 0.3 is 0 Å². The predicted octanol–water partition coefficient (Wildman–Crippen LogP) is 3.81. The molecule has 0 atom stereocenters. The highest BCUT2D eigenvalue weighted by atomic mass is 32.2. The Kier molecular flexibility index (Phi) is 4.11. The van der Waals surface area contributed by atoms with Crippen molar-refractivity contribution in [3.05, 3.63) is 84.3 Å². The standard InChI is InChI=1S/C20H17FN2O3S/c21-16-8-11-19(22-14-16)23(27(25,26)18-4-2-1-3-5-18)20(12-13-20)15-6-9-17(24)10-7-15/h1-11,14,24H,12-13H2. The Morgan fingerprint density at radius 1 is 0.963 bits per heavy atom. The highest BCUT2D eigenvalue weighted by Crippen LogP contribution is 2.54. The number of sulfonamides is 1. The van der Waals surface area contributed by atoms with Crippen molar-refractivity contribution in [1.29, 1.82) is 0 Å². The van der Waals surface area contributed by atoms with Gasteiger partial charge in [-0.25, -0.2) is 22.1 Å². The van der Waals surface area contributed by atoms with Crippen molar-refractivity contribution in [1.82, 2.24) is 4.98 Å². The molecule has 5 nitrogen and oxygen atoms in total. The number of benzene rings is 2. The summed E-state index contributed by atoms with van der Waals surface area (Å²) in [5, 5.41) is 9.58. The summed E-state index contributed by atoms with van der Waals surface area (Å²) in [7, 11) is -3.93. The van der Waals surface area contributed by atoms with Crippen molar-refractivity contribution in [3.63, 3.8) is 0 Å². The van der Waals surface area contributed by atoms with E-state index in [4.69, 9.17) is 0 Å². The summed E-state index contributed by atoms with van der Waals surface area (Å²) in [5.41, 5.74) is -0.0568. The second-order valence-electron chi connectivity index (χ2n) is 6.50. The van der Waals surface area contributed by atoms with E-state index >= 15 is 0 Å². The number of phenols is 1. The number of aromatic nitrogens is 1. The lowest BCUT2D eigenvalue weighted by molar-refractivity contribution is 0.474. The lowest BCUT2D eigenvalue weighted by Gasteiger charge is -2.32. The second kappa shape index (κ2) is 6.35. The minimum Gasteiger partial charge on any atom is -0.508 e. The van der Waals surface area contributed by atoms with E-state index in [1.165, 1.54) is 40.7 Å². The lowest BCUT2D eigenvalue weighted by Crippen LogP contribution is -2.41. The van der Waals surface area contributed by atoms with Crippen LogP contribution in [-0.2, 0) is 15.6 Å². The summed E-state index contributed by atoms with van der Waals surface area (Å²) in [6.45, 7) is 0. The molecule has 138 valence electrons. The average molecular weight is 384 g/mol. The van der Waals surface area contributed by atoms with Crippen LogP contribution in [0.5, 0.6) is 5.75 Å². The van der Waals surface area contributed by atoms with Crippen LogP contribution < -0.4 is 4.31 Å². The van der Waals surface area contributed by atoms with Gasteiger partial charge in [-0.05, 0) is 54.8 Å². The van der Waals surface area contributed by atoms with E-state index in [0.29, 0.717) is 12.8 Å². The number of halogens is 1. The van der Waals surface area contributed by atoms with Gasteiger partial charge in [0.25, 0.3) is 10.0 Å². The van der Waals surface area contributed by atoms with Crippen LogP contribution >= 0.6 is 0 Å². The topological polar surface area (TPSA) is 70.5 Å². The Balaban J connectivity index is 1.89. The Bertz CT molecular complexity index is 1050. The molecular formula is C20H17FN2O3S. The van der Waals surface area contributed by atoms with Crippen LogP contribution in [0.4, 0.5) is 10.2 Å². The van der Waals surface area contributed by atoms with E-state index in [-0.39, 0.29) is 16.5 Å². The molecule has 0 amide bonds. The molecule has 0 bridgehead atoms. The Morgan fingerprint density at radius 3 is 2.19 bits per heavy atom. The Hall–Kier alpha value is -2.93. The van der Waals surface area contributed by atoms with Crippen molar-refractivity contribution in [2.75, 3.05) is 4.31 Å². The van der Waals surface area contributed by atoms with Gasteiger partial charge in [-0.2, -0.15) is 0 Å². The smallest absolute Gasteiger partial charge is 0.266 e. The van der Waals surface area contributed by atoms with E-state index < -0.39 is 21.4 Å². The van der Waals surface area contributed by atoms with E-state index in [9.17, 15) is 17.9 Å². The molecule has 1 aromatic heterocycles. The largest absolute Gasteiger partial charge is 0.508 e. The van der Waals surface area contributed by atoms with E-state index in [0.717, 1.165) is 11.8 Å². The molecule has 2 aromatic carbocycles. The third-order valence-electron chi connectivity index (χ3n) is 4.72. The van der Waals surface area contributed by atoms with Crippen molar-refractivity contribution in [3.8, 4) is 5.75 Å². The molecule has 0 radical (unpaired) electrons. The van der Waals surface area contributed by atoms with Gasteiger partial charge in [-0.3, -0.25) is 0 Å². The van der Waals surface area contributed by atoms with Crippen molar-refractivity contribution >= 4 is 15.8 Å². The van der Waals surface area contributed by atoms with Gasteiger partial charge < -0.3 is 5.11 Å². The van der Waals surface area contributed by atoms with E-state index in [1.54, 1.807) is 30.3 Å². The molecule has 7 heteroatoms. The number of hydrogen-bond donors (Lipinski definition) is 1. The molecule has 0 aliphatic heterocycles. The van der Waals surface area contributed by atoms with Gasteiger partial charge in [0.15, 0.2) is 0 Å². The average Bonchev–Trinajstić information content (AvgIpc) is 3.46. The number of phenolic OH excluding ortho intramolecular Hbond substituents is 1. The summed E-state index contributed by atoms with van der Waals surface area (Å²) in [5.74, 6) is -0.275. The van der Waals surface area contributed by atoms with Crippen LogP contribution in [0.25, 0.3) is 0 Å². The number of pyridine rings is 1. The third-order valence-corrected chi connectivity index (χ3v) is 6.60. The van der Waals surface area contributed by atoms with Crippen LogP contribution in [0, 0.1) is 5.82 Å². The third kappa shape index (κ3) is 3.04. The first kappa shape index (κ1) is 17.5. The number of anilines is 1. The van der Waals surface area contributed by atoms with Crippen molar-refractivity contribution in [2.45, 2.75) is 23.3 Å². The fourth-order valence-electron chi connectivity index (χ4n) is 3.26. The molecule has 1 N–H and O–H groups in total. The number of nitrogens with zero attached hydrogens (tertiary/aromatic N) is 2. The number of hydrogen-bond acceptors (Lipinski definition) is 4. The van der Waals surface area contributed by atoms with Crippen molar-refractivity contribution < 1.29 is 17.9 Å². The zero-order valence-electron chi connectivity index (χ0n) is 14.3. The Morgan fingerprint density at radius 2 is 1.63 bits per heavy atom. The van der Waals surface area contributed by atoms with Crippen molar-refractivity contribution in [2.24, 2.45) is 0 Å². The van der Waals surface area contributed by atoms with Crippen LogP contribution in [0.15, 0.2) is 77.8 Å². The highest BCUT2D eigenvalue weighted by molar-refractivity contribution is 7.92. The van der Waals surface area contributed by atoms with Crippen LogP contribution in [-0.4, -0.2) is 18.5 Å². The molecule has 0 saturated heterocycles. The molecule has 27 heavy (non-hydrogen) atoms. The zero-order valence-corrected chi connectivity index (χ0v) is 15.1. The normalized spacial score (nSPS) is 15.3. The maximum Gasteiger partial charge on any atom is 0.266 e. The van der Waals surface area contributed by atoms with Crippen LogP contribution in [0.2, 0.25) is 0 Å². The molecule has 3 aromatic rings. The number of aromatic hydroxyl groups is 1. The quantitative estimate of drug-likeness (QED) is 0.726. The van der Waals surface area contributed by atoms with Crippen LogP contribution in [0.1, 0.15) is 18.4 Å². The first-order chi connectivity index (χ1) is 12.9. The fraction of sp³-hybridized carbons (Fsp3) is 0.150. The molecule has 1 aliphatic carbocycles. The van der Waals surface area contributed by atoms with Gasteiger partial charge in [-0.1, -0.05) is 30.3 Å². The minimum atomic E-state index is -3.93. The summed E-state index contributed by atoms with van der Waals surface area (Å²) in [6, 6.07) is 17.1. The monoisotopic (exact) mass is 384 g/mol. The molecule has 1 heterocycles. The second-order valence-corrected chi connectivity index (χ2v) is 8.28. The molecule has 4 rings (SSSR count). The summed E-state index contributed by atoms with van der Waals surface area (Å²) >= 11 is 0. The molecule has 1 aliphatic rings. The molecular weight excluding hydrogens is 367 g/mol. The SMILES string of the molecule is O=S(=O)(c1ccccc1)N(c1ccc(F)cn1)C1(c2ccc(O)cc2)CC1. The Labute approximate surface area is 156 Å². The summed E-state index contributed by atoms with van der Waals surface area (Å²) in [6.07, 6.45) is 2.21. The fourth-order valence-corrected chi connectivity index (χ4v) is 5.07. The number of rotatable bonds is 5. The molecule has 1 saturated carbocycles. The van der Waals surface area contributed by atoms with Gasteiger partial charge in [0.05, 0.1) is 16.6 Å². The van der Waals surface area contributed by atoms with Gasteiger partial charge in [0, 0.05) is 0 Å². The van der Waals surface area contributed by atoms with E-state index in [1.807, 2.05) is 0 Å². The summed E-state index contributed by atoms with van der Waals surface area (Å²) < 4.78 is 41.6. The lowest BCUT2D eigenvalue weighted by atomic mass is 10.0. The van der Waals surface area contributed by atoms with Gasteiger partial charge in [0.1, 0.15) is 17.4 Å². The summed E-state index contributed by atoms with van der Waals surface area (Å²) in [4.78, 5) is 4.18.